The number of likely N-dealkylation sites (N-methyl/N-ethyl adjacent to an activating group) is 1. The van der Waals surface area contributed by atoms with Crippen LogP contribution < -0.4 is 0 Å². The second-order valence-electron chi connectivity index (χ2n) is 7.08. The lowest BCUT2D eigenvalue weighted by Gasteiger charge is -2.24. The molecule has 0 saturated carbocycles. The number of amides is 1. The third kappa shape index (κ3) is 4.08. The van der Waals surface area contributed by atoms with Gasteiger partial charge in [0.2, 0.25) is 0 Å². The number of rotatable bonds is 5. The summed E-state index contributed by atoms with van der Waals surface area (Å²) >= 11 is 0. The molecule has 0 bridgehead atoms. The van der Waals surface area contributed by atoms with Gasteiger partial charge in [0.05, 0.1) is 23.6 Å². The Hall–Kier alpha value is -2.94. The standard InChI is InChI=1S/C21H23N3O3/c1-14-8-9-18-16(12-14)20(15-6-3-4-7-17(15)23-18)21(26)27-13-19(25)24(2)11-5-10-22/h3-4,6-7,14H,5,8-9,11-13H2,1-2H3/t14-/m0/s1. The number of hydrogen-bond donors (Lipinski definition) is 0. The SMILES string of the molecule is C[C@H]1CCc2nc3ccccc3c(C(=O)OCC(=O)N(C)CCC#N)c2C1. The number of carbonyl (C=O) groups excluding carboxylic acids is 2. The summed E-state index contributed by atoms with van der Waals surface area (Å²) in [5, 5.41) is 9.38. The summed E-state index contributed by atoms with van der Waals surface area (Å²) in [6, 6.07) is 9.54. The lowest BCUT2D eigenvalue weighted by atomic mass is 9.84. The van der Waals surface area contributed by atoms with Gasteiger partial charge in [0, 0.05) is 24.7 Å². The summed E-state index contributed by atoms with van der Waals surface area (Å²) in [4.78, 5) is 31.2. The van der Waals surface area contributed by atoms with Crippen LogP contribution in [0.4, 0.5) is 0 Å². The molecule has 27 heavy (non-hydrogen) atoms. The molecule has 0 radical (unpaired) electrons. The number of benzene rings is 1. The number of carbonyl (C=O) groups is 2. The number of nitriles is 1. The molecule has 6 nitrogen and oxygen atoms in total. The van der Waals surface area contributed by atoms with E-state index < -0.39 is 5.97 Å². The number of ether oxygens (including phenoxy) is 1. The fourth-order valence-corrected chi connectivity index (χ4v) is 3.45. The van der Waals surface area contributed by atoms with Gasteiger partial charge in [-0.15, -0.1) is 0 Å². The Morgan fingerprint density at radius 2 is 2.15 bits per heavy atom. The predicted octanol–water partition coefficient (Wildman–Crippen LogP) is 2.89. The van der Waals surface area contributed by atoms with E-state index in [-0.39, 0.29) is 18.9 Å². The quantitative estimate of drug-likeness (QED) is 0.761. The van der Waals surface area contributed by atoms with Gasteiger partial charge in [-0.25, -0.2) is 4.79 Å². The first-order valence-electron chi connectivity index (χ1n) is 9.19. The van der Waals surface area contributed by atoms with Crippen LogP contribution in [0.25, 0.3) is 10.9 Å². The van der Waals surface area contributed by atoms with E-state index in [4.69, 9.17) is 15.0 Å². The van der Waals surface area contributed by atoms with Crippen molar-refractivity contribution in [2.45, 2.75) is 32.6 Å². The molecule has 0 unspecified atom stereocenters. The number of para-hydroxylation sites is 1. The fourth-order valence-electron chi connectivity index (χ4n) is 3.45. The van der Waals surface area contributed by atoms with Crippen LogP contribution in [0, 0.1) is 17.2 Å². The molecule has 1 aliphatic carbocycles. The molecule has 2 aromatic rings. The Bertz CT molecular complexity index is 917. The van der Waals surface area contributed by atoms with Crippen molar-refractivity contribution in [3.8, 4) is 6.07 Å². The molecule has 1 aromatic carbocycles. The molecule has 1 heterocycles. The van der Waals surface area contributed by atoms with Crippen LogP contribution in [0.3, 0.4) is 0 Å². The highest BCUT2D eigenvalue weighted by Gasteiger charge is 2.26. The van der Waals surface area contributed by atoms with E-state index in [0.717, 1.165) is 41.4 Å². The molecular weight excluding hydrogens is 342 g/mol. The van der Waals surface area contributed by atoms with Crippen LogP contribution in [-0.2, 0) is 22.4 Å². The highest BCUT2D eigenvalue weighted by molar-refractivity contribution is 6.05. The lowest BCUT2D eigenvalue weighted by Crippen LogP contribution is -2.32. The first-order chi connectivity index (χ1) is 13.0. The highest BCUT2D eigenvalue weighted by atomic mass is 16.5. The summed E-state index contributed by atoms with van der Waals surface area (Å²) in [6.07, 6.45) is 2.93. The minimum Gasteiger partial charge on any atom is -0.452 e. The highest BCUT2D eigenvalue weighted by Crippen LogP contribution is 2.31. The second kappa shape index (κ2) is 8.17. The second-order valence-corrected chi connectivity index (χ2v) is 7.08. The van der Waals surface area contributed by atoms with E-state index in [1.54, 1.807) is 7.05 Å². The number of fused-ring (bicyclic) bond motifs is 2. The van der Waals surface area contributed by atoms with Crippen molar-refractivity contribution in [3.05, 3.63) is 41.1 Å². The van der Waals surface area contributed by atoms with Gasteiger partial charge in [0.1, 0.15) is 0 Å². The van der Waals surface area contributed by atoms with Gasteiger partial charge in [-0.2, -0.15) is 5.26 Å². The maximum absolute atomic E-state index is 12.9. The summed E-state index contributed by atoms with van der Waals surface area (Å²) in [5.74, 6) is -0.328. The number of nitrogens with zero attached hydrogens (tertiary/aromatic N) is 3. The fraction of sp³-hybridized carbons (Fsp3) is 0.429. The third-order valence-electron chi connectivity index (χ3n) is 5.02. The normalized spacial score (nSPS) is 15.7. The van der Waals surface area contributed by atoms with Crippen LogP contribution in [0.5, 0.6) is 0 Å². The van der Waals surface area contributed by atoms with Crippen molar-refractivity contribution in [1.29, 1.82) is 5.26 Å². The zero-order chi connectivity index (χ0) is 19.4. The summed E-state index contributed by atoms with van der Waals surface area (Å²) in [7, 11) is 1.60. The number of hydrogen-bond acceptors (Lipinski definition) is 5. The van der Waals surface area contributed by atoms with Gasteiger partial charge >= 0.3 is 5.97 Å². The molecule has 0 fully saturated rings. The Morgan fingerprint density at radius 3 is 2.93 bits per heavy atom. The number of aromatic nitrogens is 1. The third-order valence-corrected chi connectivity index (χ3v) is 5.02. The van der Waals surface area contributed by atoms with Crippen LogP contribution in [-0.4, -0.2) is 42.0 Å². The largest absolute Gasteiger partial charge is 0.452 e. The van der Waals surface area contributed by atoms with Gasteiger partial charge in [-0.3, -0.25) is 9.78 Å². The average Bonchev–Trinajstić information content (AvgIpc) is 2.68. The van der Waals surface area contributed by atoms with E-state index in [1.807, 2.05) is 30.3 Å². The van der Waals surface area contributed by atoms with Gasteiger partial charge < -0.3 is 9.64 Å². The molecule has 140 valence electrons. The smallest absolute Gasteiger partial charge is 0.339 e. The number of pyridine rings is 1. The first kappa shape index (κ1) is 18.8. The molecule has 6 heteroatoms. The zero-order valence-electron chi connectivity index (χ0n) is 15.7. The van der Waals surface area contributed by atoms with Crippen LogP contribution >= 0.6 is 0 Å². The van der Waals surface area contributed by atoms with E-state index in [9.17, 15) is 9.59 Å². The molecular formula is C21H23N3O3. The summed E-state index contributed by atoms with van der Waals surface area (Å²) < 4.78 is 5.36. The van der Waals surface area contributed by atoms with E-state index >= 15 is 0 Å². The van der Waals surface area contributed by atoms with Crippen molar-refractivity contribution in [2.24, 2.45) is 5.92 Å². The van der Waals surface area contributed by atoms with Crippen LogP contribution in [0.15, 0.2) is 24.3 Å². The van der Waals surface area contributed by atoms with Gasteiger partial charge in [-0.1, -0.05) is 25.1 Å². The Balaban J connectivity index is 1.87. The molecule has 1 amide bonds. The monoisotopic (exact) mass is 365 g/mol. The van der Waals surface area contributed by atoms with Crippen molar-refractivity contribution in [3.63, 3.8) is 0 Å². The molecule has 0 spiro atoms. The van der Waals surface area contributed by atoms with Crippen molar-refractivity contribution in [1.82, 2.24) is 9.88 Å². The Kier molecular flexibility index (Phi) is 5.70. The molecule has 1 aliphatic rings. The number of aryl methyl sites for hydroxylation is 1. The molecule has 0 saturated heterocycles. The lowest BCUT2D eigenvalue weighted by molar-refractivity contribution is -0.133. The van der Waals surface area contributed by atoms with Crippen molar-refractivity contribution < 1.29 is 14.3 Å². The summed E-state index contributed by atoms with van der Waals surface area (Å²) in [5.41, 5.74) is 3.21. The minimum atomic E-state index is -0.485. The maximum atomic E-state index is 12.9. The Morgan fingerprint density at radius 1 is 1.37 bits per heavy atom. The van der Waals surface area contributed by atoms with Crippen LogP contribution in [0.2, 0.25) is 0 Å². The number of esters is 1. The van der Waals surface area contributed by atoms with Gasteiger partial charge in [0.15, 0.2) is 6.61 Å². The maximum Gasteiger partial charge on any atom is 0.339 e. The van der Waals surface area contributed by atoms with Crippen molar-refractivity contribution >= 4 is 22.8 Å². The Labute approximate surface area is 158 Å². The zero-order valence-corrected chi connectivity index (χ0v) is 15.7. The minimum absolute atomic E-state index is 0.247. The molecule has 0 N–H and O–H groups in total. The first-order valence-corrected chi connectivity index (χ1v) is 9.19. The molecule has 0 aliphatic heterocycles. The molecule has 1 aromatic heterocycles. The molecule has 1 atom stereocenters. The van der Waals surface area contributed by atoms with Gasteiger partial charge in [0.25, 0.3) is 5.91 Å². The van der Waals surface area contributed by atoms with Crippen LogP contribution in [0.1, 0.15) is 41.4 Å². The van der Waals surface area contributed by atoms with E-state index in [0.29, 0.717) is 18.0 Å². The molecule has 3 rings (SSSR count). The summed E-state index contributed by atoms with van der Waals surface area (Å²) in [6.45, 7) is 2.15. The predicted molar refractivity (Wildman–Crippen MR) is 101 cm³/mol. The average molecular weight is 365 g/mol. The van der Waals surface area contributed by atoms with Gasteiger partial charge in [-0.05, 0) is 36.8 Å². The van der Waals surface area contributed by atoms with Crippen molar-refractivity contribution in [2.75, 3.05) is 20.2 Å². The van der Waals surface area contributed by atoms with E-state index in [1.165, 1.54) is 4.90 Å². The van der Waals surface area contributed by atoms with E-state index in [2.05, 4.69) is 6.92 Å². The topological polar surface area (TPSA) is 83.3 Å².